The topological polar surface area (TPSA) is 58.4 Å². The molecule has 1 amide bonds. The summed E-state index contributed by atoms with van der Waals surface area (Å²) in [6.07, 6.45) is 3.15. The number of benzene rings is 1. The number of anilines is 1. The Morgan fingerprint density at radius 1 is 1.37 bits per heavy atom. The van der Waals surface area contributed by atoms with Crippen LogP contribution in [-0.4, -0.2) is 24.5 Å². The zero-order chi connectivity index (χ0) is 13.4. The molecule has 102 valence electrons. The number of carbonyl (C=O) groups excluding carboxylic acids is 1. The van der Waals surface area contributed by atoms with Gasteiger partial charge in [-0.3, -0.25) is 4.79 Å². The lowest BCUT2D eigenvalue weighted by atomic mass is 9.96. The average Bonchev–Trinajstić information content (AvgIpc) is 3.23. The predicted octanol–water partition coefficient (Wildman–Crippen LogP) is 1.56. The van der Waals surface area contributed by atoms with Gasteiger partial charge in [-0.2, -0.15) is 0 Å². The van der Waals surface area contributed by atoms with Crippen molar-refractivity contribution < 1.29 is 4.79 Å². The maximum atomic E-state index is 12.2. The van der Waals surface area contributed by atoms with E-state index in [0.717, 1.165) is 37.1 Å². The molecular formula is C15H21N3O. The van der Waals surface area contributed by atoms with Crippen LogP contribution in [-0.2, 0) is 4.79 Å². The Balaban J connectivity index is 1.80. The molecule has 1 heterocycles. The van der Waals surface area contributed by atoms with Gasteiger partial charge >= 0.3 is 0 Å². The fraction of sp³-hybridized carbons (Fsp3) is 0.533. The van der Waals surface area contributed by atoms with Gasteiger partial charge in [0.25, 0.3) is 0 Å². The van der Waals surface area contributed by atoms with Crippen LogP contribution in [0.3, 0.4) is 0 Å². The molecule has 2 aliphatic rings. The summed E-state index contributed by atoms with van der Waals surface area (Å²) in [4.78, 5) is 14.4. The Hall–Kier alpha value is -1.55. The SMILES string of the molecule is CC(C(=O)NC1CC1)N1CCC(N)c2ccccc21. The normalized spacial score (nSPS) is 23.7. The molecule has 4 heteroatoms. The number of nitrogens with zero attached hydrogens (tertiary/aromatic N) is 1. The lowest BCUT2D eigenvalue weighted by Gasteiger charge is -2.37. The highest BCUT2D eigenvalue weighted by molar-refractivity contribution is 5.85. The van der Waals surface area contributed by atoms with Crippen LogP contribution in [0.5, 0.6) is 0 Å². The third-order valence-corrected chi connectivity index (χ3v) is 4.10. The van der Waals surface area contributed by atoms with Gasteiger partial charge in [0.15, 0.2) is 0 Å². The van der Waals surface area contributed by atoms with Gasteiger partial charge in [0.2, 0.25) is 5.91 Å². The van der Waals surface area contributed by atoms with Gasteiger partial charge in [0, 0.05) is 24.3 Å². The van der Waals surface area contributed by atoms with Crippen molar-refractivity contribution in [2.75, 3.05) is 11.4 Å². The van der Waals surface area contributed by atoms with Crippen LogP contribution in [0.25, 0.3) is 0 Å². The van der Waals surface area contributed by atoms with Gasteiger partial charge in [-0.15, -0.1) is 0 Å². The second kappa shape index (κ2) is 4.85. The Kier molecular flexibility index (Phi) is 3.19. The van der Waals surface area contributed by atoms with Crippen molar-refractivity contribution in [3.63, 3.8) is 0 Å². The molecule has 2 atom stereocenters. The minimum atomic E-state index is -0.130. The van der Waals surface area contributed by atoms with Crippen LogP contribution in [0, 0.1) is 0 Å². The van der Waals surface area contributed by atoms with E-state index in [2.05, 4.69) is 22.3 Å². The number of nitrogens with two attached hydrogens (primary N) is 1. The van der Waals surface area contributed by atoms with Gasteiger partial charge in [0.1, 0.15) is 6.04 Å². The lowest BCUT2D eigenvalue weighted by molar-refractivity contribution is -0.122. The molecule has 1 fully saturated rings. The van der Waals surface area contributed by atoms with Gasteiger partial charge in [-0.05, 0) is 37.8 Å². The smallest absolute Gasteiger partial charge is 0.242 e. The minimum absolute atomic E-state index is 0.0890. The van der Waals surface area contributed by atoms with Crippen LogP contribution in [0.15, 0.2) is 24.3 Å². The van der Waals surface area contributed by atoms with Crippen molar-refractivity contribution in [1.82, 2.24) is 5.32 Å². The molecule has 1 aliphatic heterocycles. The summed E-state index contributed by atoms with van der Waals surface area (Å²) in [5.74, 6) is 0.132. The second-order valence-corrected chi connectivity index (χ2v) is 5.61. The quantitative estimate of drug-likeness (QED) is 0.866. The molecule has 4 nitrogen and oxygen atoms in total. The van der Waals surface area contributed by atoms with Gasteiger partial charge in [-0.25, -0.2) is 0 Å². The Bertz CT molecular complexity index is 484. The molecule has 0 aromatic heterocycles. The van der Waals surface area contributed by atoms with E-state index in [1.807, 2.05) is 19.1 Å². The van der Waals surface area contributed by atoms with Crippen LogP contribution in [0.2, 0.25) is 0 Å². The summed E-state index contributed by atoms with van der Waals surface area (Å²) in [5, 5.41) is 3.08. The standard InChI is InChI=1S/C15H21N3O/c1-10(15(19)17-11-6-7-11)18-9-8-13(16)12-4-2-3-5-14(12)18/h2-5,10-11,13H,6-9,16H2,1H3,(H,17,19). The summed E-state index contributed by atoms with van der Waals surface area (Å²) >= 11 is 0. The van der Waals surface area contributed by atoms with E-state index >= 15 is 0 Å². The Morgan fingerprint density at radius 3 is 2.84 bits per heavy atom. The Morgan fingerprint density at radius 2 is 2.11 bits per heavy atom. The number of nitrogens with one attached hydrogen (secondary N) is 1. The average molecular weight is 259 g/mol. The second-order valence-electron chi connectivity index (χ2n) is 5.61. The number of amides is 1. The number of hydrogen-bond acceptors (Lipinski definition) is 3. The highest BCUT2D eigenvalue weighted by Crippen LogP contribution is 2.33. The number of fused-ring (bicyclic) bond motifs is 1. The molecular weight excluding hydrogens is 238 g/mol. The molecule has 1 aromatic carbocycles. The molecule has 19 heavy (non-hydrogen) atoms. The fourth-order valence-corrected chi connectivity index (χ4v) is 2.71. The van der Waals surface area contributed by atoms with Gasteiger partial charge in [-0.1, -0.05) is 18.2 Å². The first-order valence-corrected chi connectivity index (χ1v) is 7.08. The predicted molar refractivity (Wildman–Crippen MR) is 76.0 cm³/mol. The number of para-hydroxylation sites is 1. The molecule has 3 N–H and O–H groups in total. The largest absolute Gasteiger partial charge is 0.359 e. The highest BCUT2D eigenvalue weighted by atomic mass is 16.2. The third kappa shape index (κ3) is 2.45. The third-order valence-electron chi connectivity index (χ3n) is 4.10. The monoisotopic (exact) mass is 259 g/mol. The summed E-state index contributed by atoms with van der Waals surface area (Å²) in [7, 11) is 0. The van der Waals surface area contributed by atoms with Crippen molar-refractivity contribution >= 4 is 11.6 Å². The molecule has 1 aromatic rings. The van der Waals surface area contributed by atoms with Gasteiger partial charge in [0.05, 0.1) is 0 Å². The molecule has 0 bridgehead atoms. The van der Waals surface area contributed by atoms with E-state index in [4.69, 9.17) is 5.73 Å². The Labute approximate surface area is 114 Å². The lowest BCUT2D eigenvalue weighted by Crippen LogP contribution is -2.48. The first-order chi connectivity index (χ1) is 9.16. The summed E-state index contributed by atoms with van der Waals surface area (Å²) in [6, 6.07) is 8.53. The van der Waals surface area contributed by atoms with E-state index in [1.54, 1.807) is 0 Å². The first kappa shape index (κ1) is 12.5. The van der Waals surface area contributed by atoms with E-state index in [0.29, 0.717) is 6.04 Å². The molecule has 2 unspecified atom stereocenters. The summed E-state index contributed by atoms with van der Waals surface area (Å²) in [6.45, 7) is 2.82. The van der Waals surface area contributed by atoms with Crippen molar-refractivity contribution in [2.45, 2.75) is 44.3 Å². The van der Waals surface area contributed by atoms with Crippen LogP contribution >= 0.6 is 0 Å². The van der Waals surface area contributed by atoms with E-state index in [1.165, 1.54) is 0 Å². The number of hydrogen-bond donors (Lipinski definition) is 2. The molecule has 1 aliphatic carbocycles. The minimum Gasteiger partial charge on any atom is -0.359 e. The molecule has 0 spiro atoms. The van der Waals surface area contributed by atoms with Gasteiger partial charge < -0.3 is 16.0 Å². The van der Waals surface area contributed by atoms with Crippen LogP contribution < -0.4 is 16.0 Å². The molecule has 3 rings (SSSR count). The zero-order valence-electron chi connectivity index (χ0n) is 11.3. The van der Waals surface area contributed by atoms with E-state index < -0.39 is 0 Å². The number of carbonyl (C=O) groups is 1. The van der Waals surface area contributed by atoms with Crippen LogP contribution in [0.1, 0.15) is 37.8 Å². The van der Waals surface area contributed by atoms with Crippen molar-refractivity contribution in [2.24, 2.45) is 5.73 Å². The zero-order valence-corrected chi connectivity index (χ0v) is 11.3. The van der Waals surface area contributed by atoms with Crippen molar-refractivity contribution in [3.05, 3.63) is 29.8 Å². The fourth-order valence-electron chi connectivity index (χ4n) is 2.71. The van der Waals surface area contributed by atoms with E-state index in [-0.39, 0.29) is 18.0 Å². The first-order valence-electron chi connectivity index (χ1n) is 7.08. The maximum Gasteiger partial charge on any atom is 0.242 e. The van der Waals surface area contributed by atoms with Crippen molar-refractivity contribution in [3.8, 4) is 0 Å². The summed E-state index contributed by atoms with van der Waals surface area (Å²) in [5.41, 5.74) is 8.41. The molecule has 0 radical (unpaired) electrons. The maximum absolute atomic E-state index is 12.2. The van der Waals surface area contributed by atoms with Crippen LogP contribution in [0.4, 0.5) is 5.69 Å². The molecule has 1 saturated carbocycles. The van der Waals surface area contributed by atoms with Crippen molar-refractivity contribution in [1.29, 1.82) is 0 Å². The number of rotatable bonds is 3. The molecule has 0 saturated heterocycles. The summed E-state index contributed by atoms with van der Waals surface area (Å²) < 4.78 is 0. The highest BCUT2D eigenvalue weighted by Gasteiger charge is 2.31. The van der Waals surface area contributed by atoms with E-state index in [9.17, 15) is 4.79 Å².